The Balaban J connectivity index is 2.26. The molecule has 1 aliphatic heterocycles. The van der Waals surface area contributed by atoms with Gasteiger partial charge in [0, 0.05) is 12.6 Å². The summed E-state index contributed by atoms with van der Waals surface area (Å²) >= 11 is 0. The van der Waals surface area contributed by atoms with Crippen LogP contribution in [0.15, 0.2) is 18.2 Å². The molecule has 1 N–H and O–H groups in total. The molecule has 1 aliphatic rings. The number of ether oxygens (including phenoxy) is 1. The SMILES string of the molecule is CCNCC(=O)c1ccc2c(c1)N(C)C(=O)CO2. The molecule has 0 saturated carbocycles. The molecule has 0 radical (unpaired) electrons. The van der Waals surface area contributed by atoms with E-state index in [2.05, 4.69) is 5.32 Å². The van der Waals surface area contributed by atoms with E-state index in [1.807, 2.05) is 6.92 Å². The first-order chi connectivity index (χ1) is 8.63. The van der Waals surface area contributed by atoms with Gasteiger partial charge in [0.05, 0.1) is 12.2 Å². The number of hydrogen-bond donors (Lipinski definition) is 1. The lowest BCUT2D eigenvalue weighted by Gasteiger charge is -2.26. The van der Waals surface area contributed by atoms with Crippen molar-refractivity contribution >= 4 is 17.4 Å². The average molecular weight is 248 g/mol. The number of carbonyl (C=O) groups is 2. The van der Waals surface area contributed by atoms with E-state index in [1.165, 1.54) is 4.90 Å². The van der Waals surface area contributed by atoms with Crippen molar-refractivity contribution in [2.24, 2.45) is 0 Å². The summed E-state index contributed by atoms with van der Waals surface area (Å²) in [7, 11) is 1.68. The van der Waals surface area contributed by atoms with Crippen LogP contribution in [0.5, 0.6) is 5.75 Å². The number of benzene rings is 1. The Labute approximate surface area is 106 Å². The average Bonchev–Trinajstić information content (AvgIpc) is 2.40. The molecule has 5 nitrogen and oxygen atoms in total. The topological polar surface area (TPSA) is 58.6 Å². The standard InChI is InChI=1S/C13H16N2O3/c1-3-14-7-11(16)9-4-5-12-10(6-9)15(2)13(17)8-18-12/h4-6,14H,3,7-8H2,1-2H3. The number of amides is 1. The van der Waals surface area contributed by atoms with Crippen LogP contribution >= 0.6 is 0 Å². The van der Waals surface area contributed by atoms with Gasteiger partial charge < -0.3 is 15.0 Å². The van der Waals surface area contributed by atoms with Crippen LogP contribution in [0.3, 0.4) is 0 Å². The molecule has 0 saturated heterocycles. The smallest absolute Gasteiger partial charge is 0.264 e. The Bertz CT molecular complexity index is 485. The van der Waals surface area contributed by atoms with Crippen molar-refractivity contribution in [1.29, 1.82) is 0 Å². The van der Waals surface area contributed by atoms with E-state index in [-0.39, 0.29) is 18.3 Å². The molecule has 1 heterocycles. The number of ketones is 1. The molecule has 1 aromatic rings. The Morgan fingerprint density at radius 1 is 1.50 bits per heavy atom. The number of hydrogen-bond acceptors (Lipinski definition) is 4. The van der Waals surface area contributed by atoms with E-state index in [0.717, 1.165) is 6.54 Å². The summed E-state index contributed by atoms with van der Waals surface area (Å²) in [6.45, 7) is 3.04. The fraction of sp³-hybridized carbons (Fsp3) is 0.385. The second kappa shape index (κ2) is 5.18. The fourth-order valence-corrected chi connectivity index (χ4v) is 1.79. The summed E-state index contributed by atoms with van der Waals surface area (Å²) < 4.78 is 5.30. The lowest BCUT2D eigenvalue weighted by atomic mass is 10.1. The van der Waals surface area contributed by atoms with Gasteiger partial charge in [-0.2, -0.15) is 0 Å². The summed E-state index contributed by atoms with van der Waals surface area (Å²) in [6.07, 6.45) is 0. The number of fused-ring (bicyclic) bond motifs is 1. The van der Waals surface area contributed by atoms with E-state index in [0.29, 0.717) is 23.5 Å². The predicted molar refractivity (Wildman–Crippen MR) is 68.2 cm³/mol. The van der Waals surface area contributed by atoms with E-state index in [4.69, 9.17) is 4.74 Å². The highest BCUT2D eigenvalue weighted by Crippen LogP contribution is 2.31. The summed E-state index contributed by atoms with van der Waals surface area (Å²) in [5.74, 6) is 0.530. The maximum atomic E-state index is 11.9. The first-order valence-corrected chi connectivity index (χ1v) is 5.90. The molecular weight excluding hydrogens is 232 g/mol. The van der Waals surface area contributed by atoms with E-state index in [9.17, 15) is 9.59 Å². The number of Topliss-reactive ketones (excluding diaryl/α,β-unsaturated/α-hetero) is 1. The Morgan fingerprint density at radius 3 is 3.00 bits per heavy atom. The molecular formula is C13H16N2O3. The molecule has 0 atom stereocenters. The van der Waals surface area contributed by atoms with Crippen LogP contribution in [0.2, 0.25) is 0 Å². The minimum absolute atomic E-state index is 0.00562. The zero-order valence-electron chi connectivity index (χ0n) is 10.5. The minimum Gasteiger partial charge on any atom is -0.482 e. The van der Waals surface area contributed by atoms with Gasteiger partial charge in [0.15, 0.2) is 12.4 Å². The first-order valence-electron chi connectivity index (χ1n) is 5.90. The second-order valence-electron chi connectivity index (χ2n) is 4.13. The lowest BCUT2D eigenvalue weighted by molar-refractivity contribution is -0.120. The van der Waals surface area contributed by atoms with Gasteiger partial charge in [0.1, 0.15) is 5.75 Å². The third kappa shape index (κ3) is 2.36. The van der Waals surface area contributed by atoms with Gasteiger partial charge in [-0.25, -0.2) is 0 Å². The van der Waals surface area contributed by atoms with Crippen LogP contribution in [-0.2, 0) is 4.79 Å². The monoisotopic (exact) mass is 248 g/mol. The van der Waals surface area contributed by atoms with Crippen LogP contribution in [-0.4, -0.2) is 38.4 Å². The van der Waals surface area contributed by atoms with Crippen LogP contribution in [0, 0.1) is 0 Å². The maximum absolute atomic E-state index is 11.9. The normalized spacial score (nSPS) is 14.1. The summed E-state index contributed by atoms with van der Waals surface area (Å²) in [4.78, 5) is 24.9. The zero-order valence-corrected chi connectivity index (χ0v) is 10.5. The Hall–Kier alpha value is -1.88. The molecule has 96 valence electrons. The molecule has 0 spiro atoms. The van der Waals surface area contributed by atoms with Crippen molar-refractivity contribution in [2.75, 3.05) is 31.6 Å². The minimum atomic E-state index is -0.112. The van der Waals surface area contributed by atoms with Crippen LogP contribution in [0.1, 0.15) is 17.3 Å². The number of carbonyl (C=O) groups excluding carboxylic acids is 2. The molecule has 18 heavy (non-hydrogen) atoms. The number of likely N-dealkylation sites (N-methyl/N-ethyl adjacent to an activating group) is 2. The fourth-order valence-electron chi connectivity index (χ4n) is 1.79. The highest BCUT2D eigenvalue weighted by Gasteiger charge is 2.23. The second-order valence-corrected chi connectivity index (χ2v) is 4.13. The molecule has 2 rings (SSSR count). The van der Waals surface area contributed by atoms with Crippen molar-refractivity contribution in [3.05, 3.63) is 23.8 Å². The summed E-state index contributed by atoms with van der Waals surface area (Å²) in [5, 5.41) is 2.99. The summed E-state index contributed by atoms with van der Waals surface area (Å²) in [6, 6.07) is 5.16. The van der Waals surface area contributed by atoms with Gasteiger partial charge in [-0.15, -0.1) is 0 Å². The molecule has 0 aromatic heterocycles. The number of nitrogens with one attached hydrogen (secondary N) is 1. The van der Waals surface area contributed by atoms with Crippen molar-refractivity contribution in [3.8, 4) is 5.75 Å². The van der Waals surface area contributed by atoms with E-state index < -0.39 is 0 Å². The van der Waals surface area contributed by atoms with Gasteiger partial charge in [-0.3, -0.25) is 9.59 Å². The van der Waals surface area contributed by atoms with Gasteiger partial charge in [0.25, 0.3) is 5.91 Å². The molecule has 0 unspecified atom stereocenters. The maximum Gasteiger partial charge on any atom is 0.264 e. The highest BCUT2D eigenvalue weighted by molar-refractivity contribution is 6.02. The zero-order chi connectivity index (χ0) is 13.1. The van der Waals surface area contributed by atoms with Crippen LogP contribution < -0.4 is 15.0 Å². The van der Waals surface area contributed by atoms with Gasteiger partial charge in [-0.1, -0.05) is 6.92 Å². The van der Waals surface area contributed by atoms with E-state index in [1.54, 1.807) is 25.2 Å². The lowest BCUT2D eigenvalue weighted by Crippen LogP contribution is -2.35. The molecule has 0 bridgehead atoms. The van der Waals surface area contributed by atoms with Crippen LogP contribution in [0.4, 0.5) is 5.69 Å². The Morgan fingerprint density at radius 2 is 2.28 bits per heavy atom. The predicted octanol–water partition coefficient (Wildman–Crippen LogP) is 0.834. The van der Waals surface area contributed by atoms with Crippen molar-refractivity contribution in [3.63, 3.8) is 0 Å². The molecule has 5 heteroatoms. The highest BCUT2D eigenvalue weighted by atomic mass is 16.5. The molecule has 0 aliphatic carbocycles. The quantitative estimate of drug-likeness (QED) is 0.802. The van der Waals surface area contributed by atoms with Crippen molar-refractivity contribution < 1.29 is 14.3 Å². The summed E-state index contributed by atoms with van der Waals surface area (Å²) in [5.41, 5.74) is 1.23. The third-order valence-corrected chi connectivity index (χ3v) is 2.90. The number of anilines is 1. The van der Waals surface area contributed by atoms with Crippen molar-refractivity contribution in [2.45, 2.75) is 6.92 Å². The van der Waals surface area contributed by atoms with Crippen LogP contribution in [0.25, 0.3) is 0 Å². The molecule has 1 amide bonds. The van der Waals surface area contributed by atoms with Gasteiger partial charge in [0.2, 0.25) is 0 Å². The number of nitrogens with zero attached hydrogens (tertiary/aromatic N) is 1. The molecule has 0 fully saturated rings. The third-order valence-electron chi connectivity index (χ3n) is 2.90. The van der Waals surface area contributed by atoms with E-state index >= 15 is 0 Å². The first kappa shape index (κ1) is 12.6. The Kier molecular flexibility index (Phi) is 3.62. The van der Waals surface area contributed by atoms with Gasteiger partial charge >= 0.3 is 0 Å². The largest absolute Gasteiger partial charge is 0.482 e. The number of rotatable bonds is 4. The van der Waals surface area contributed by atoms with Gasteiger partial charge in [-0.05, 0) is 24.7 Å². The molecule has 1 aromatic carbocycles. The van der Waals surface area contributed by atoms with Crippen molar-refractivity contribution in [1.82, 2.24) is 5.32 Å².